The number of hydrogen-bond acceptors (Lipinski definition) is 8. The predicted molar refractivity (Wildman–Crippen MR) is 202 cm³/mol. The number of carbonyl (C=O) groups is 2. The number of carbonyl (C=O) groups excluding carboxylic acids is 2. The summed E-state index contributed by atoms with van der Waals surface area (Å²) in [5.74, 6) is -0.764. The summed E-state index contributed by atoms with van der Waals surface area (Å²) in [5.41, 5.74) is 6.87. The number of anilines is 1. The van der Waals surface area contributed by atoms with Crippen molar-refractivity contribution in [3.05, 3.63) is 76.9 Å². The molecule has 0 aliphatic carbocycles. The van der Waals surface area contributed by atoms with Crippen LogP contribution in [-0.4, -0.2) is 75.9 Å². The van der Waals surface area contributed by atoms with E-state index in [9.17, 15) is 9.59 Å². The normalized spacial score (nSPS) is 18.4. The molecule has 0 radical (unpaired) electrons. The van der Waals surface area contributed by atoms with Gasteiger partial charge < -0.3 is 26.0 Å². The lowest BCUT2D eigenvalue weighted by Gasteiger charge is -2.36. The highest BCUT2D eigenvalue weighted by molar-refractivity contribution is 5.92. The van der Waals surface area contributed by atoms with Gasteiger partial charge in [-0.05, 0) is 74.9 Å². The van der Waals surface area contributed by atoms with E-state index in [-0.39, 0.29) is 43.1 Å². The topological polar surface area (TPSA) is 125 Å². The lowest BCUT2D eigenvalue weighted by atomic mass is 9.99. The van der Waals surface area contributed by atoms with E-state index in [1.807, 2.05) is 29.9 Å². The van der Waals surface area contributed by atoms with E-state index in [2.05, 4.69) is 64.2 Å². The fourth-order valence-corrected chi connectivity index (χ4v) is 7.46. The molecule has 2 fully saturated rings. The van der Waals surface area contributed by atoms with Crippen LogP contribution >= 0.6 is 0 Å². The summed E-state index contributed by atoms with van der Waals surface area (Å²) in [6, 6.07) is 14.1. The first kappa shape index (κ1) is 37.4. The number of nitrogens with zero attached hydrogens (tertiary/aromatic N) is 4. The number of aromatic nitrogens is 3. The first-order valence-electron chi connectivity index (χ1n) is 18.8. The summed E-state index contributed by atoms with van der Waals surface area (Å²) in [6.07, 6.45) is 4.43. The van der Waals surface area contributed by atoms with Crippen molar-refractivity contribution in [3.63, 3.8) is 0 Å². The number of aryl methyl sites for hydroxylation is 2. The molecule has 6 rings (SSSR count). The van der Waals surface area contributed by atoms with Crippen molar-refractivity contribution in [1.29, 1.82) is 0 Å². The van der Waals surface area contributed by atoms with Crippen LogP contribution in [0.25, 0.3) is 22.2 Å². The van der Waals surface area contributed by atoms with Gasteiger partial charge in [-0.3, -0.25) is 14.5 Å². The number of fused-ring (bicyclic) bond motifs is 1. The smallest absolute Gasteiger partial charge is 0.220 e. The zero-order valence-corrected chi connectivity index (χ0v) is 30.9. The average Bonchev–Trinajstić information content (AvgIpc) is 3.56. The van der Waals surface area contributed by atoms with Crippen LogP contribution in [0.4, 0.5) is 10.1 Å². The van der Waals surface area contributed by atoms with Gasteiger partial charge in [0.05, 0.1) is 17.3 Å². The Balaban J connectivity index is 1.04. The molecule has 0 saturated carbocycles. The SMILES string of the molecule is CCc1nc2c(cnn2CC)c(NC2CCOCC2)c1CNC(=O)CCC(=O)NCc1ccc(F)c(-c2cccc(CN3C[C@@H](C)N[C@@H](C)C3)c2)c1. The van der Waals surface area contributed by atoms with Crippen LogP contribution in [0.15, 0.2) is 48.7 Å². The number of benzene rings is 2. The Kier molecular flexibility index (Phi) is 12.5. The van der Waals surface area contributed by atoms with Crippen LogP contribution in [0.2, 0.25) is 0 Å². The highest BCUT2D eigenvalue weighted by atomic mass is 19.1. The molecule has 2 amide bonds. The Morgan fingerprint density at radius 2 is 1.69 bits per heavy atom. The second kappa shape index (κ2) is 17.4. The molecule has 2 aliphatic rings. The molecule has 2 saturated heterocycles. The van der Waals surface area contributed by atoms with E-state index in [1.54, 1.807) is 12.1 Å². The molecule has 2 aromatic carbocycles. The average molecular weight is 713 g/mol. The highest BCUT2D eigenvalue weighted by Gasteiger charge is 2.23. The number of pyridine rings is 1. The van der Waals surface area contributed by atoms with Crippen LogP contribution in [0.5, 0.6) is 0 Å². The van der Waals surface area contributed by atoms with Gasteiger partial charge in [-0.25, -0.2) is 14.1 Å². The van der Waals surface area contributed by atoms with Crippen LogP contribution < -0.4 is 21.3 Å². The quantitative estimate of drug-likeness (QED) is 0.139. The van der Waals surface area contributed by atoms with Crippen LogP contribution in [0, 0.1) is 5.82 Å². The molecule has 4 N–H and O–H groups in total. The number of halogens is 1. The summed E-state index contributed by atoms with van der Waals surface area (Å²) < 4.78 is 22.5. The van der Waals surface area contributed by atoms with Crippen LogP contribution in [-0.2, 0) is 46.9 Å². The summed E-state index contributed by atoms with van der Waals surface area (Å²) in [6.45, 7) is 13.9. The Morgan fingerprint density at radius 3 is 2.40 bits per heavy atom. The highest BCUT2D eigenvalue weighted by Crippen LogP contribution is 2.31. The number of hydrogen-bond donors (Lipinski definition) is 4. The van der Waals surface area contributed by atoms with Gasteiger partial charge in [0.25, 0.3) is 0 Å². The molecule has 4 heterocycles. The Bertz CT molecular complexity index is 1850. The minimum Gasteiger partial charge on any atom is -0.381 e. The van der Waals surface area contributed by atoms with Crippen LogP contribution in [0.1, 0.15) is 75.8 Å². The summed E-state index contributed by atoms with van der Waals surface area (Å²) in [4.78, 5) is 33.2. The molecule has 2 aromatic heterocycles. The molecule has 12 heteroatoms. The van der Waals surface area contributed by atoms with Gasteiger partial charge in [0.15, 0.2) is 5.65 Å². The predicted octanol–water partition coefficient (Wildman–Crippen LogP) is 5.31. The number of amides is 2. The lowest BCUT2D eigenvalue weighted by molar-refractivity contribution is -0.126. The van der Waals surface area contributed by atoms with Gasteiger partial charge in [-0.1, -0.05) is 31.2 Å². The first-order chi connectivity index (χ1) is 25.2. The molecule has 2 atom stereocenters. The molecule has 278 valence electrons. The minimum absolute atomic E-state index is 0.0412. The van der Waals surface area contributed by atoms with Crippen molar-refractivity contribution in [3.8, 4) is 11.1 Å². The minimum atomic E-state index is -0.306. The summed E-state index contributed by atoms with van der Waals surface area (Å²) in [5, 5.41) is 18.7. The molecule has 0 unspecified atom stereocenters. The van der Waals surface area contributed by atoms with Gasteiger partial charge >= 0.3 is 0 Å². The number of piperazine rings is 1. The first-order valence-corrected chi connectivity index (χ1v) is 18.8. The molecule has 11 nitrogen and oxygen atoms in total. The summed E-state index contributed by atoms with van der Waals surface area (Å²) in [7, 11) is 0. The second-order valence-electron chi connectivity index (χ2n) is 14.2. The maximum atomic E-state index is 15.1. The zero-order chi connectivity index (χ0) is 36.6. The number of nitrogens with one attached hydrogen (secondary N) is 4. The van der Waals surface area contributed by atoms with Gasteiger partial charge in [0.2, 0.25) is 11.8 Å². The zero-order valence-electron chi connectivity index (χ0n) is 30.9. The molecule has 0 bridgehead atoms. The third-order valence-corrected chi connectivity index (χ3v) is 10.0. The van der Waals surface area contributed by atoms with Crippen molar-refractivity contribution in [2.75, 3.05) is 31.6 Å². The van der Waals surface area contributed by atoms with E-state index >= 15 is 4.39 Å². The maximum absolute atomic E-state index is 15.1. The van der Waals surface area contributed by atoms with E-state index < -0.39 is 0 Å². The van der Waals surface area contributed by atoms with Crippen molar-refractivity contribution in [1.82, 2.24) is 35.6 Å². The molecule has 52 heavy (non-hydrogen) atoms. The van der Waals surface area contributed by atoms with Gasteiger partial charge in [0.1, 0.15) is 5.82 Å². The fraction of sp³-hybridized carbons (Fsp3) is 0.500. The van der Waals surface area contributed by atoms with E-state index in [4.69, 9.17) is 9.72 Å². The van der Waals surface area contributed by atoms with Crippen molar-refractivity contribution < 1.29 is 18.7 Å². The third-order valence-electron chi connectivity index (χ3n) is 10.0. The molecule has 4 aromatic rings. The van der Waals surface area contributed by atoms with Crippen molar-refractivity contribution in [2.24, 2.45) is 0 Å². The van der Waals surface area contributed by atoms with E-state index in [1.165, 1.54) is 6.07 Å². The Labute approximate surface area is 306 Å². The molecular weight excluding hydrogens is 659 g/mol. The molecular formula is C40H53FN8O3. The lowest BCUT2D eigenvalue weighted by Crippen LogP contribution is -2.53. The standard InChI is InChI=1S/C40H53FN8O3/c1-5-36-33(39(46-31-14-16-52-17-15-31)34-22-44-49(6-2)40(34)47-36)21-43-38(51)13-12-37(50)42-20-28-10-11-35(41)32(19-28)30-9-7-8-29(18-30)25-48-23-26(3)45-27(4)24-48/h7-11,18-19,22,26-27,31,45H,5-6,12-17,20-21,23-25H2,1-4H3,(H,42,50)(H,43,51)(H,46,47)/t26-,27+. The molecule has 0 spiro atoms. The molecule has 2 aliphatic heterocycles. The van der Waals surface area contributed by atoms with E-state index in [0.29, 0.717) is 50.4 Å². The second-order valence-corrected chi connectivity index (χ2v) is 14.2. The van der Waals surface area contributed by atoms with E-state index in [0.717, 1.165) is 77.1 Å². The maximum Gasteiger partial charge on any atom is 0.220 e. The number of ether oxygens (including phenoxy) is 1. The summed E-state index contributed by atoms with van der Waals surface area (Å²) >= 11 is 0. The Hall–Kier alpha value is -4.39. The fourth-order valence-electron chi connectivity index (χ4n) is 7.46. The largest absolute Gasteiger partial charge is 0.381 e. The van der Waals surface area contributed by atoms with Crippen molar-refractivity contribution in [2.45, 2.75) is 104 Å². The van der Waals surface area contributed by atoms with Crippen LogP contribution in [0.3, 0.4) is 0 Å². The van der Waals surface area contributed by atoms with Gasteiger partial charge in [-0.15, -0.1) is 0 Å². The van der Waals surface area contributed by atoms with Gasteiger partial charge in [0, 0.05) is 100 Å². The Morgan fingerprint density at radius 1 is 0.962 bits per heavy atom. The number of rotatable bonds is 14. The van der Waals surface area contributed by atoms with Gasteiger partial charge in [-0.2, -0.15) is 5.10 Å². The monoisotopic (exact) mass is 712 g/mol. The van der Waals surface area contributed by atoms with Crippen molar-refractivity contribution >= 4 is 28.5 Å². The third kappa shape index (κ3) is 9.33.